The molecule has 2 aliphatic rings. The number of aromatic nitrogens is 1. The molecule has 264 valence electrons. The van der Waals surface area contributed by atoms with Crippen molar-refractivity contribution in [1.29, 1.82) is 0 Å². The van der Waals surface area contributed by atoms with Crippen LogP contribution in [0.15, 0.2) is 116 Å². The summed E-state index contributed by atoms with van der Waals surface area (Å²) in [6.07, 6.45) is 13.6. The van der Waals surface area contributed by atoms with E-state index in [0.717, 1.165) is 90.3 Å². The first-order valence-electron chi connectivity index (χ1n) is 18.6. The molecule has 0 spiro atoms. The fourth-order valence-electron chi connectivity index (χ4n) is 7.80. The molecule has 0 saturated heterocycles. The van der Waals surface area contributed by atoms with Gasteiger partial charge in [-0.3, -0.25) is 4.98 Å². The van der Waals surface area contributed by atoms with Crippen molar-refractivity contribution >= 4 is 41.9 Å². The van der Waals surface area contributed by atoms with Crippen LogP contribution in [0.5, 0.6) is 5.75 Å². The Bertz CT molecular complexity index is 1890. The topological polar surface area (TPSA) is 31.4 Å². The van der Waals surface area contributed by atoms with Gasteiger partial charge in [0, 0.05) is 34.6 Å². The number of rotatable bonds is 15. The Hall–Kier alpha value is -3.41. The number of pyridine rings is 1. The third-order valence-electron chi connectivity index (χ3n) is 10.9. The molecular formula is C45H49Cl2NO2Si. The Balaban J connectivity index is 0.999. The molecule has 2 saturated carbocycles. The summed E-state index contributed by atoms with van der Waals surface area (Å²) in [7, 11) is -2.54. The van der Waals surface area contributed by atoms with Crippen LogP contribution in [0.2, 0.25) is 15.1 Å². The van der Waals surface area contributed by atoms with E-state index in [1.165, 1.54) is 21.5 Å². The molecule has 2 fully saturated rings. The van der Waals surface area contributed by atoms with Gasteiger partial charge in [0.25, 0.3) is 8.32 Å². The number of para-hydroxylation sites is 1. The molecular weight excluding hydrogens is 685 g/mol. The maximum atomic E-state index is 7.11. The Kier molecular flexibility index (Phi) is 10.8. The quantitative estimate of drug-likeness (QED) is 0.0793. The standard InChI is InChI=1S/C45H49Cl2NO2Si/c1-44(2,3)51(36-15-6-4-7-16-36,37-17-8-5-9-18-37)49-29-13-12-14-33-30-42(47)34(31-41(33)46)23-25-45(26-27-45)40-32-48-28-24-38(40)39-19-10-11-20-43(39)50-35-21-22-35/h4-11,15-20,24,28,30-32,35H,12-14,21-23,25-27,29H2,1-3H3. The molecule has 51 heavy (non-hydrogen) atoms. The molecule has 0 N–H and O–H groups in total. The van der Waals surface area contributed by atoms with Crippen molar-refractivity contribution in [1.82, 2.24) is 4.98 Å². The maximum Gasteiger partial charge on any atom is 0.261 e. The van der Waals surface area contributed by atoms with E-state index in [2.05, 4.69) is 135 Å². The lowest BCUT2D eigenvalue weighted by atomic mass is 9.85. The number of aryl methyl sites for hydroxylation is 2. The highest BCUT2D eigenvalue weighted by atomic mass is 35.5. The van der Waals surface area contributed by atoms with E-state index >= 15 is 0 Å². The molecule has 1 heterocycles. The fourth-order valence-corrected chi connectivity index (χ4v) is 13.0. The van der Waals surface area contributed by atoms with Gasteiger partial charge in [-0.1, -0.05) is 123 Å². The van der Waals surface area contributed by atoms with Gasteiger partial charge in [-0.2, -0.15) is 0 Å². The smallest absolute Gasteiger partial charge is 0.261 e. The predicted molar refractivity (Wildman–Crippen MR) is 216 cm³/mol. The predicted octanol–water partition coefficient (Wildman–Crippen LogP) is 11.2. The van der Waals surface area contributed by atoms with Crippen LogP contribution in [0.1, 0.15) is 82.4 Å². The highest BCUT2D eigenvalue weighted by Crippen LogP contribution is 2.55. The first-order valence-corrected chi connectivity index (χ1v) is 21.3. The SMILES string of the molecule is CC(C)(C)[Si](OCCCCc1cc(Cl)c(CCC2(c3cnccc3-c3ccccc3OC3CC3)CC2)cc1Cl)(c1ccccc1)c1ccccc1. The van der Waals surface area contributed by atoms with Gasteiger partial charge in [-0.15, -0.1) is 0 Å². The number of ether oxygens (including phenoxy) is 1. The summed E-state index contributed by atoms with van der Waals surface area (Å²) in [6.45, 7) is 7.68. The van der Waals surface area contributed by atoms with Crippen LogP contribution >= 0.6 is 23.2 Å². The second-order valence-corrected chi connectivity index (χ2v) is 20.6. The van der Waals surface area contributed by atoms with Crippen molar-refractivity contribution in [3.63, 3.8) is 0 Å². The van der Waals surface area contributed by atoms with Crippen molar-refractivity contribution in [3.8, 4) is 16.9 Å². The van der Waals surface area contributed by atoms with E-state index in [-0.39, 0.29) is 10.5 Å². The molecule has 0 radical (unpaired) electrons. The fraction of sp³-hybridized carbons (Fsp3) is 0.356. The van der Waals surface area contributed by atoms with Gasteiger partial charge in [0.1, 0.15) is 5.75 Å². The van der Waals surface area contributed by atoms with Crippen LogP contribution in [0.25, 0.3) is 11.1 Å². The van der Waals surface area contributed by atoms with E-state index in [0.29, 0.717) is 12.7 Å². The highest BCUT2D eigenvalue weighted by molar-refractivity contribution is 6.99. The summed E-state index contributed by atoms with van der Waals surface area (Å²) in [6, 6.07) is 36.5. The second kappa shape index (κ2) is 15.3. The Labute approximate surface area is 315 Å². The lowest BCUT2D eigenvalue weighted by molar-refractivity contribution is 0.288. The van der Waals surface area contributed by atoms with Crippen molar-refractivity contribution < 1.29 is 9.16 Å². The third kappa shape index (κ3) is 7.85. The first kappa shape index (κ1) is 36.0. The van der Waals surface area contributed by atoms with Crippen molar-refractivity contribution in [2.45, 2.75) is 95.1 Å². The molecule has 7 rings (SSSR count). The van der Waals surface area contributed by atoms with Gasteiger partial charge in [0.2, 0.25) is 0 Å². The molecule has 0 bridgehead atoms. The van der Waals surface area contributed by atoms with Gasteiger partial charge in [0.05, 0.1) is 6.10 Å². The lowest BCUT2D eigenvalue weighted by Crippen LogP contribution is -2.66. The lowest BCUT2D eigenvalue weighted by Gasteiger charge is -2.43. The Morgan fingerprint density at radius 2 is 1.35 bits per heavy atom. The van der Waals surface area contributed by atoms with Crippen LogP contribution < -0.4 is 15.1 Å². The molecule has 4 aromatic carbocycles. The monoisotopic (exact) mass is 733 g/mol. The van der Waals surface area contributed by atoms with Crippen LogP contribution in [0.3, 0.4) is 0 Å². The molecule has 0 atom stereocenters. The van der Waals surface area contributed by atoms with Gasteiger partial charge in [-0.05, 0) is 125 Å². The molecule has 3 nitrogen and oxygen atoms in total. The van der Waals surface area contributed by atoms with Crippen LogP contribution in [-0.4, -0.2) is 26.0 Å². The number of benzene rings is 4. The average molecular weight is 735 g/mol. The van der Waals surface area contributed by atoms with Crippen LogP contribution in [0.4, 0.5) is 0 Å². The zero-order valence-electron chi connectivity index (χ0n) is 30.1. The first-order chi connectivity index (χ1) is 24.7. The number of nitrogens with zero attached hydrogens (tertiary/aromatic N) is 1. The number of hydrogen-bond acceptors (Lipinski definition) is 3. The highest BCUT2D eigenvalue weighted by Gasteiger charge is 2.50. The van der Waals surface area contributed by atoms with Crippen LogP contribution in [-0.2, 0) is 22.7 Å². The Morgan fingerprint density at radius 3 is 1.96 bits per heavy atom. The van der Waals surface area contributed by atoms with Crippen molar-refractivity contribution in [3.05, 3.63) is 142 Å². The van der Waals surface area contributed by atoms with E-state index in [1.54, 1.807) is 0 Å². The molecule has 1 aromatic heterocycles. The largest absolute Gasteiger partial charge is 0.490 e. The van der Waals surface area contributed by atoms with E-state index < -0.39 is 8.32 Å². The summed E-state index contributed by atoms with van der Waals surface area (Å²) in [5.41, 5.74) is 6.03. The molecule has 2 aliphatic carbocycles. The summed E-state index contributed by atoms with van der Waals surface area (Å²) in [5.74, 6) is 0.975. The van der Waals surface area contributed by atoms with Crippen molar-refractivity contribution in [2.24, 2.45) is 0 Å². The van der Waals surface area contributed by atoms with Crippen LogP contribution in [0, 0.1) is 0 Å². The summed E-state index contributed by atoms with van der Waals surface area (Å²) < 4.78 is 13.4. The van der Waals surface area contributed by atoms with Gasteiger partial charge < -0.3 is 9.16 Å². The number of unbranched alkanes of at least 4 members (excludes halogenated alkanes) is 1. The minimum atomic E-state index is -2.54. The second-order valence-electron chi connectivity index (χ2n) is 15.5. The maximum absolute atomic E-state index is 7.11. The molecule has 5 aromatic rings. The minimum Gasteiger partial charge on any atom is -0.490 e. The zero-order valence-corrected chi connectivity index (χ0v) is 32.6. The van der Waals surface area contributed by atoms with E-state index in [9.17, 15) is 0 Å². The van der Waals surface area contributed by atoms with Gasteiger partial charge in [-0.25, -0.2) is 0 Å². The van der Waals surface area contributed by atoms with Gasteiger partial charge in [0.15, 0.2) is 0 Å². The minimum absolute atomic E-state index is 0.0328. The van der Waals surface area contributed by atoms with E-state index in [4.69, 9.17) is 32.4 Å². The normalized spacial score (nSPS) is 15.5. The summed E-state index contributed by atoms with van der Waals surface area (Å²) in [4.78, 5) is 4.58. The molecule has 0 amide bonds. The molecule has 0 aliphatic heterocycles. The average Bonchev–Trinajstić information content (AvgIpc) is 4.09. The molecule has 6 heteroatoms. The molecule has 0 unspecified atom stereocenters. The zero-order chi connectivity index (χ0) is 35.5. The summed E-state index contributed by atoms with van der Waals surface area (Å²) >= 11 is 13.9. The van der Waals surface area contributed by atoms with Crippen molar-refractivity contribution in [2.75, 3.05) is 6.61 Å². The van der Waals surface area contributed by atoms with Gasteiger partial charge >= 0.3 is 0 Å². The summed E-state index contributed by atoms with van der Waals surface area (Å²) in [5, 5.41) is 4.21. The Morgan fingerprint density at radius 1 is 0.745 bits per heavy atom. The third-order valence-corrected chi connectivity index (χ3v) is 16.7. The number of halogens is 2. The van der Waals surface area contributed by atoms with E-state index in [1.807, 2.05) is 6.20 Å². The number of hydrogen-bond donors (Lipinski definition) is 0.